The molecule has 0 aromatic heterocycles. The van der Waals surface area contributed by atoms with Crippen LogP contribution in [0.25, 0.3) is 0 Å². The Balaban J connectivity index is 1.91. The quantitative estimate of drug-likeness (QED) is 0.112. The maximum atomic E-state index is 13.2. The number of unbranched alkanes of at least 4 members (excludes halogenated alkanes) is 4. The second-order valence-corrected chi connectivity index (χ2v) is 13.2. The van der Waals surface area contributed by atoms with Gasteiger partial charge in [0.15, 0.2) is 29.5 Å². The summed E-state index contributed by atoms with van der Waals surface area (Å²) in [5.74, 6) is -4.26. The van der Waals surface area contributed by atoms with E-state index in [0.717, 1.165) is 39.5 Å². The SMILES string of the molecule is CCCCCCCC(=O)O[C@@H]1[C@@H](O)/C(C)=C\[C@@H]2OC(=O)[C@]3(C)O[C@]23C(OC(C)=O)[C@H]2[C@](C)(O)[C@H](O)C=C[C@]2(C)[C@H]1OC(C)=O. The molecule has 4 rings (SSSR count). The molecule has 12 nitrogen and oxygen atoms in total. The number of carbonyl (C=O) groups is 4. The highest BCUT2D eigenvalue weighted by atomic mass is 16.7. The van der Waals surface area contributed by atoms with Crippen molar-refractivity contribution in [2.24, 2.45) is 11.3 Å². The Morgan fingerprint density at radius 3 is 2.16 bits per heavy atom. The van der Waals surface area contributed by atoms with E-state index in [4.69, 9.17) is 23.7 Å². The second kappa shape index (κ2) is 12.2. The molecule has 0 amide bonds. The average molecular weight is 623 g/mol. The van der Waals surface area contributed by atoms with E-state index < -0.39 is 88.6 Å². The first-order chi connectivity index (χ1) is 20.5. The van der Waals surface area contributed by atoms with E-state index in [0.29, 0.717) is 6.42 Å². The Hall–Kier alpha value is -2.80. The van der Waals surface area contributed by atoms with Gasteiger partial charge in [-0.1, -0.05) is 51.7 Å². The van der Waals surface area contributed by atoms with E-state index in [1.54, 1.807) is 13.8 Å². The van der Waals surface area contributed by atoms with Crippen molar-refractivity contribution >= 4 is 23.9 Å². The third-order valence-electron chi connectivity index (χ3n) is 9.83. The summed E-state index contributed by atoms with van der Waals surface area (Å²) < 4.78 is 29.4. The smallest absolute Gasteiger partial charge is 0.342 e. The maximum Gasteiger partial charge on any atom is 0.342 e. The minimum absolute atomic E-state index is 0.0561. The van der Waals surface area contributed by atoms with E-state index in [1.807, 2.05) is 0 Å². The fourth-order valence-corrected chi connectivity index (χ4v) is 7.40. The first-order valence-electron chi connectivity index (χ1n) is 15.4. The number of hydrogen-bond acceptors (Lipinski definition) is 12. The Labute approximate surface area is 257 Å². The van der Waals surface area contributed by atoms with Crippen LogP contribution in [0.3, 0.4) is 0 Å². The lowest BCUT2D eigenvalue weighted by Crippen LogP contribution is -2.68. The summed E-state index contributed by atoms with van der Waals surface area (Å²) in [5, 5.41) is 34.8. The van der Waals surface area contributed by atoms with Crippen LogP contribution in [0.2, 0.25) is 0 Å². The maximum absolute atomic E-state index is 13.2. The van der Waals surface area contributed by atoms with Gasteiger partial charge in [-0.05, 0) is 38.8 Å². The monoisotopic (exact) mass is 622 g/mol. The van der Waals surface area contributed by atoms with Gasteiger partial charge in [0.05, 0.1) is 5.60 Å². The van der Waals surface area contributed by atoms with Crippen LogP contribution in [0.5, 0.6) is 0 Å². The standard InChI is InChI=1S/C32H46O12/c1-8-9-10-11-12-13-22(36)43-24-23(37)17(2)16-21-32(31(7,44-32)28(38)42-21)27(41-19(4)34)25-29(5,26(24)40-18(3)33)15-14-20(35)30(25,6)39/h14-16,20-21,23-27,35,37,39H,8-13H2,1-7H3/b17-16-/t20-,21+,23+,24-,25-,26+,27?,29+,30-,31+,32+/m1/s1. The fraction of sp³-hybridized carbons (Fsp3) is 0.750. The van der Waals surface area contributed by atoms with Gasteiger partial charge in [-0.15, -0.1) is 0 Å². The van der Waals surface area contributed by atoms with Gasteiger partial charge in [0.25, 0.3) is 0 Å². The summed E-state index contributed by atoms with van der Waals surface area (Å²) in [5.41, 5.74) is -6.72. The summed E-state index contributed by atoms with van der Waals surface area (Å²) in [6.45, 7) is 10.3. The van der Waals surface area contributed by atoms with Crippen LogP contribution in [0.1, 0.15) is 87.0 Å². The minimum Gasteiger partial charge on any atom is -0.459 e. The molecule has 246 valence electrons. The van der Waals surface area contributed by atoms with Crippen LogP contribution in [0, 0.1) is 11.3 Å². The lowest BCUT2D eigenvalue weighted by Gasteiger charge is -2.55. The summed E-state index contributed by atoms with van der Waals surface area (Å²) in [7, 11) is 0. The van der Waals surface area contributed by atoms with Gasteiger partial charge in [0.2, 0.25) is 0 Å². The zero-order valence-electron chi connectivity index (χ0n) is 26.5. The zero-order valence-corrected chi connectivity index (χ0v) is 26.5. The fourth-order valence-electron chi connectivity index (χ4n) is 7.40. The summed E-state index contributed by atoms with van der Waals surface area (Å²) in [6.07, 6.45) is 0.0187. The van der Waals surface area contributed by atoms with Gasteiger partial charge in [-0.3, -0.25) is 14.4 Å². The molecule has 2 saturated heterocycles. The lowest BCUT2D eigenvalue weighted by molar-refractivity contribution is -0.229. The second-order valence-electron chi connectivity index (χ2n) is 13.2. The van der Waals surface area contributed by atoms with Crippen LogP contribution in [0.4, 0.5) is 0 Å². The molecule has 0 radical (unpaired) electrons. The van der Waals surface area contributed by atoms with Crippen molar-refractivity contribution in [3.05, 3.63) is 23.8 Å². The highest BCUT2D eigenvalue weighted by Gasteiger charge is 2.88. The zero-order chi connectivity index (χ0) is 32.8. The van der Waals surface area contributed by atoms with Gasteiger partial charge >= 0.3 is 23.9 Å². The first kappa shape index (κ1) is 34.1. The van der Waals surface area contributed by atoms with Gasteiger partial charge < -0.3 is 39.0 Å². The molecule has 11 atom stereocenters. The lowest BCUT2D eigenvalue weighted by atomic mass is 9.55. The number of hydrogen-bond donors (Lipinski definition) is 3. The molecule has 12 heteroatoms. The van der Waals surface area contributed by atoms with Crippen molar-refractivity contribution in [2.45, 2.75) is 140 Å². The highest BCUT2D eigenvalue weighted by molar-refractivity contribution is 5.89. The molecule has 1 spiro atoms. The third kappa shape index (κ3) is 5.59. The van der Waals surface area contributed by atoms with E-state index in [2.05, 4.69) is 6.92 Å². The summed E-state index contributed by atoms with van der Waals surface area (Å²) in [4.78, 5) is 51.6. The molecule has 2 heterocycles. The molecule has 1 unspecified atom stereocenters. The minimum atomic E-state index is -2.09. The molecule has 4 aliphatic rings. The predicted molar refractivity (Wildman–Crippen MR) is 154 cm³/mol. The average Bonchev–Trinajstić information content (AvgIpc) is 3.52. The molecule has 3 N–H and O–H groups in total. The molecule has 0 saturated carbocycles. The van der Waals surface area contributed by atoms with Crippen molar-refractivity contribution in [1.82, 2.24) is 0 Å². The number of esters is 4. The van der Waals surface area contributed by atoms with Gasteiger partial charge in [-0.25, -0.2) is 4.79 Å². The molecule has 44 heavy (non-hydrogen) atoms. The van der Waals surface area contributed by atoms with E-state index in [-0.39, 0.29) is 12.0 Å². The number of fused-ring (bicyclic) bond motifs is 1. The Morgan fingerprint density at radius 1 is 0.955 bits per heavy atom. The number of aliphatic hydroxyl groups is 3. The number of epoxide rings is 1. The molecule has 0 bridgehead atoms. The summed E-state index contributed by atoms with van der Waals surface area (Å²) >= 11 is 0. The van der Waals surface area contributed by atoms with E-state index in [1.165, 1.54) is 32.1 Å². The molecular weight excluding hydrogens is 576 g/mol. The van der Waals surface area contributed by atoms with Crippen molar-refractivity contribution < 1.29 is 58.2 Å². The molecule has 0 aromatic rings. The number of ether oxygens (including phenoxy) is 5. The Bertz CT molecular complexity index is 1220. The highest BCUT2D eigenvalue weighted by Crippen LogP contribution is 2.65. The molecule has 0 aromatic carbocycles. The van der Waals surface area contributed by atoms with Crippen LogP contribution in [-0.2, 0) is 42.9 Å². The number of carbonyl (C=O) groups excluding carboxylic acids is 4. The van der Waals surface area contributed by atoms with Crippen LogP contribution in [0.15, 0.2) is 23.8 Å². The number of aliphatic hydroxyl groups excluding tert-OH is 2. The topological polar surface area (TPSA) is 178 Å². The van der Waals surface area contributed by atoms with Crippen LogP contribution in [-0.4, -0.2) is 92.6 Å². The largest absolute Gasteiger partial charge is 0.459 e. The van der Waals surface area contributed by atoms with Crippen LogP contribution < -0.4 is 0 Å². The van der Waals surface area contributed by atoms with E-state index in [9.17, 15) is 34.5 Å². The molecule has 2 aliphatic carbocycles. The molecular formula is C32H46O12. The van der Waals surface area contributed by atoms with E-state index >= 15 is 0 Å². The number of rotatable bonds is 9. The van der Waals surface area contributed by atoms with Crippen LogP contribution >= 0.6 is 0 Å². The predicted octanol–water partition coefficient (Wildman–Crippen LogP) is 2.20. The van der Waals surface area contributed by atoms with Crippen molar-refractivity contribution in [2.75, 3.05) is 0 Å². The normalized spacial score (nSPS) is 43.7. The van der Waals surface area contributed by atoms with Gasteiger partial charge in [0.1, 0.15) is 18.3 Å². The molecule has 2 fully saturated rings. The van der Waals surface area contributed by atoms with Crippen molar-refractivity contribution in [3.63, 3.8) is 0 Å². The van der Waals surface area contributed by atoms with Gasteiger partial charge in [0, 0.05) is 31.6 Å². The third-order valence-corrected chi connectivity index (χ3v) is 9.83. The first-order valence-corrected chi connectivity index (χ1v) is 15.4. The van der Waals surface area contributed by atoms with Crippen molar-refractivity contribution in [3.8, 4) is 0 Å². The van der Waals surface area contributed by atoms with Crippen molar-refractivity contribution in [1.29, 1.82) is 0 Å². The Kier molecular flexibility index (Phi) is 9.44. The Morgan fingerprint density at radius 2 is 1.57 bits per heavy atom. The summed E-state index contributed by atoms with van der Waals surface area (Å²) in [6, 6.07) is 0. The van der Waals surface area contributed by atoms with Gasteiger partial charge in [-0.2, -0.15) is 0 Å². The molecule has 2 aliphatic heterocycles.